The number of nitrogens with one attached hydrogen (secondary N) is 2. The van der Waals surface area contributed by atoms with Gasteiger partial charge >= 0.3 is 6.03 Å². The van der Waals surface area contributed by atoms with Crippen LogP contribution in [-0.2, 0) is 0 Å². The average Bonchev–Trinajstić information content (AvgIpc) is 2.67. The first-order valence-electron chi connectivity index (χ1n) is 6.90. The molecule has 2 amide bonds. The molecule has 1 saturated carbocycles. The van der Waals surface area contributed by atoms with E-state index < -0.39 is 11.6 Å². The zero-order chi connectivity index (χ0) is 14.4. The summed E-state index contributed by atoms with van der Waals surface area (Å²) in [6.07, 6.45) is 5.46. The Balaban J connectivity index is 1.98. The smallest absolute Gasteiger partial charge is 0.319 e. The van der Waals surface area contributed by atoms with E-state index in [-0.39, 0.29) is 5.82 Å². The van der Waals surface area contributed by atoms with Crippen molar-refractivity contribution in [3.05, 3.63) is 30.1 Å². The van der Waals surface area contributed by atoms with Gasteiger partial charge in [0.2, 0.25) is 0 Å². The lowest BCUT2D eigenvalue weighted by molar-refractivity contribution is 0.240. The van der Waals surface area contributed by atoms with Gasteiger partial charge in [-0.25, -0.2) is 9.18 Å². The van der Waals surface area contributed by atoms with E-state index in [4.69, 9.17) is 0 Å². The highest BCUT2D eigenvalue weighted by atomic mass is 19.1. The molecule has 0 aliphatic heterocycles. The van der Waals surface area contributed by atoms with Crippen molar-refractivity contribution in [3.8, 4) is 6.07 Å². The standard InChI is InChI=1S/C15H18FN3O/c16-12-5-7-13(8-6-12)18-14(20)19-15(11-17)9-3-1-2-4-10-15/h5-8H,1-4,9-10H2,(H2,18,19,20). The second-order valence-electron chi connectivity index (χ2n) is 5.19. The van der Waals surface area contributed by atoms with Crippen LogP contribution in [0.3, 0.4) is 0 Å². The van der Waals surface area contributed by atoms with Crippen molar-refractivity contribution >= 4 is 11.7 Å². The fourth-order valence-electron chi connectivity index (χ4n) is 2.51. The molecule has 5 heteroatoms. The van der Waals surface area contributed by atoms with Crippen LogP contribution in [0.15, 0.2) is 24.3 Å². The predicted molar refractivity (Wildman–Crippen MR) is 74.6 cm³/mol. The lowest BCUT2D eigenvalue weighted by atomic mass is 9.92. The minimum absolute atomic E-state index is 0.353. The van der Waals surface area contributed by atoms with Crippen LogP contribution >= 0.6 is 0 Å². The maximum Gasteiger partial charge on any atom is 0.320 e. The summed E-state index contributed by atoms with van der Waals surface area (Å²) in [6, 6.07) is 7.37. The Bertz CT molecular complexity index is 499. The van der Waals surface area contributed by atoms with E-state index in [1.807, 2.05) is 0 Å². The van der Waals surface area contributed by atoms with Crippen LogP contribution in [0.4, 0.5) is 14.9 Å². The first-order chi connectivity index (χ1) is 9.63. The van der Waals surface area contributed by atoms with Crippen molar-refractivity contribution in [2.75, 3.05) is 5.32 Å². The number of nitrogens with zero attached hydrogens (tertiary/aromatic N) is 1. The van der Waals surface area contributed by atoms with Crippen LogP contribution in [0, 0.1) is 17.1 Å². The van der Waals surface area contributed by atoms with Crippen molar-refractivity contribution < 1.29 is 9.18 Å². The van der Waals surface area contributed by atoms with E-state index in [0.717, 1.165) is 25.7 Å². The lowest BCUT2D eigenvalue weighted by Crippen LogP contribution is -2.48. The monoisotopic (exact) mass is 275 g/mol. The number of benzene rings is 1. The molecule has 2 rings (SSSR count). The van der Waals surface area contributed by atoms with Gasteiger partial charge in [-0.05, 0) is 37.1 Å². The Labute approximate surface area is 118 Å². The van der Waals surface area contributed by atoms with Crippen LogP contribution in [0.1, 0.15) is 38.5 Å². The number of carbonyl (C=O) groups is 1. The van der Waals surface area contributed by atoms with Gasteiger partial charge < -0.3 is 10.6 Å². The number of hydrogen-bond donors (Lipinski definition) is 2. The van der Waals surface area contributed by atoms with Gasteiger partial charge in [0.05, 0.1) is 6.07 Å². The van der Waals surface area contributed by atoms with Crippen molar-refractivity contribution in [2.45, 2.75) is 44.1 Å². The molecule has 106 valence electrons. The van der Waals surface area contributed by atoms with Gasteiger partial charge in [0.25, 0.3) is 0 Å². The quantitative estimate of drug-likeness (QED) is 0.810. The molecule has 1 fully saturated rings. The molecule has 0 unspecified atom stereocenters. The molecule has 2 N–H and O–H groups in total. The zero-order valence-corrected chi connectivity index (χ0v) is 11.3. The highest BCUT2D eigenvalue weighted by molar-refractivity contribution is 5.90. The second-order valence-corrected chi connectivity index (χ2v) is 5.19. The van der Waals surface area contributed by atoms with E-state index >= 15 is 0 Å². The fourth-order valence-corrected chi connectivity index (χ4v) is 2.51. The third kappa shape index (κ3) is 3.70. The predicted octanol–water partition coefficient (Wildman–Crippen LogP) is 3.56. The lowest BCUT2D eigenvalue weighted by Gasteiger charge is -2.26. The summed E-state index contributed by atoms with van der Waals surface area (Å²) in [6.45, 7) is 0. The minimum Gasteiger partial charge on any atom is -0.319 e. The molecule has 0 atom stereocenters. The van der Waals surface area contributed by atoms with E-state index in [9.17, 15) is 14.4 Å². The Morgan fingerprint density at radius 2 is 1.75 bits per heavy atom. The van der Waals surface area contributed by atoms with Crippen LogP contribution < -0.4 is 10.6 Å². The largest absolute Gasteiger partial charge is 0.320 e. The number of halogens is 1. The van der Waals surface area contributed by atoms with Crippen LogP contribution in [0.5, 0.6) is 0 Å². The van der Waals surface area contributed by atoms with Crippen LogP contribution in [0.25, 0.3) is 0 Å². The maximum atomic E-state index is 12.8. The van der Waals surface area contributed by atoms with Crippen molar-refractivity contribution in [1.29, 1.82) is 5.26 Å². The van der Waals surface area contributed by atoms with Crippen molar-refractivity contribution in [2.24, 2.45) is 0 Å². The van der Waals surface area contributed by atoms with Gasteiger partial charge in [-0.3, -0.25) is 0 Å². The molecular formula is C15H18FN3O. The molecule has 0 aromatic heterocycles. The number of nitriles is 1. The summed E-state index contributed by atoms with van der Waals surface area (Å²) in [7, 11) is 0. The number of rotatable bonds is 2. The number of hydrogen-bond acceptors (Lipinski definition) is 2. The summed E-state index contributed by atoms with van der Waals surface area (Å²) >= 11 is 0. The molecule has 0 bridgehead atoms. The Morgan fingerprint density at radius 3 is 2.30 bits per heavy atom. The highest BCUT2D eigenvalue weighted by Gasteiger charge is 2.32. The topological polar surface area (TPSA) is 64.9 Å². The van der Waals surface area contributed by atoms with Crippen molar-refractivity contribution in [1.82, 2.24) is 5.32 Å². The van der Waals surface area contributed by atoms with Gasteiger partial charge in [0.15, 0.2) is 0 Å². The van der Waals surface area contributed by atoms with Gasteiger partial charge in [0, 0.05) is 5.69 Å². The molecule has 20 heavy (non-hydrogen) atoms. The van der Waals surface area contributed by atoms with E-state index in [1.165, 1.54) is 24.3 Å². The molecule has 1 aliphatic rings. The normalized spacial score (nSPS) is 17.6. The number of carbonyl (C=O) groups excluding carboxylic acids is 1. The fraction of sp³-hybridized carbons (Fsp3) is 0.467. The molecule has 0 spiro atoms. The van der Waals surface area contributed by atoms with Gasteiger partial charge in [-0.1, -0.05) is 25.7 Å². The first-order valence-corrected chi connectivity index (χ1v) is 6.90. The van der Waals surface area contributed by atoms with Crippen molar-refractivity contribution in [3.63, 3.8) is 0 Å². The Kier molecular flexibility index (Phi) is 4.57. The number of anilines is 1. The maximum absolute atomic E-state index is 12.8. The molecule has 1 aromatic rings. The van der Waals surface area contributed by atoms with E-state index in [1.54, 1.807) is 0 Å². The molecule has 4 nitrogen and oxygen atoms in total. The average molecular weight is 275 g/mol. The summed E-state index contributed by atoms with van der Waals surface area (Å²) in [5.74, 6) is -0.353. The molecule has 1 aliphatic carbocycles. The van der Waals surface area contributed by atoms with Gasteiger partial charge in [-0.2, -0.15) is 5.26 Å². The summed E-state index contributed by atoms with van der Waals surface area (Å²) in [5.41, 5.74) is -0.272. The van der Waals surface area contributed by atoms with Gasteiger partial charge in [0.1, 0.15) is 11.4 Å². The minimum atomic E-state index is -0.777. The Morgan fingerprint density at radius 1 is 1.15 bits per heavy atom. The molecule has 0 heterocycles. The third-order valence-electron chi connectivity index (χ3n) is 3.63. The first kappa shape index (κ1) is 14.3. The number of amides is 2. The Hall–Kier alpha value is -2.09. The number of urea groups is 1. The van der Waals surface area contributed by atoms with Crippen LogP contribution in [-0.4, -0.2) is 11.6 Å². The molecule has 0 radical (unpaired) electrons. The second kappa shape index (κ2) is 6.38. The van der Waals surface area contributed by atoms with Crippen LogP contribution in [0.2, 0.25) is 0 Å². The molecule has 1 aromatic carbocycles. The highest BCUT2D eigenvalue weighted by Crippen LogP contribution is 2.26. The summed E-state index contributed by atoms with van der Waals surface area (Å²) in [4.78, 5) is 12.0. The molecule has 0 saturated heterocycles. The third-order valence-corrected chi connectivity index (χ3v) is 3.63. The van der Waals surface area contributed by atoms with Gasteiger partial charge in [-0.15, -0.1) is 0 Å². The SMILES string of the molecule is N#CC1(NC(=O)Nc2ccc(F)cc2)CCCCCC1. The van der Waals surface area contributed by atoms with E-state index in [0.29, 0.717) is 18.5 Å². The van der Waals surface area contributed by atoms with E-state index in [2.05, 4.69) is 16.7 Å². The summed E-state index contributed by atoms with van der Waals surface area (Å²) in [5, 5.41) is 14.8. The molecular weight excluding hydrogens is 257 g/mol. The zero-order valence-electron chi connectivity index (χ0n) is 11.3. The summed E-state index contributed by atoms with van der Waals surface area (Å²) < 4.78 is 12.8.